The van der Waals surface area contributed by atoms with Crippen LogP contribution in [0.1, 0.15) is 19.4 Å². The van der Waals surface area contributed by atoms with E-state index < -0.39 is 7.26 Å². The average Bonchev–Trinajstić information content (AvgIpc) is 2.75. The first-order valence-electron chi connectivity index (χ1n) is 10.0. The maximum absolute atomic E-state index is 6.02. The lowest BCUT2D eigenvalue weighted by atomic mass is 10.2. The molecule has 0 aliphatic heterocycles. The van der Waals surface area contributed by atoms with Crippen LogP contribution < -0.4 is 10.6 Å². The highest BCUT2D eigenvalue weighted by Gasteiger charge is 2.45. The van der Waals surface area contributed by atoms with Crippen molar-refractivity contribution in [3.8, 4) is 0 Å². The van der Waals surface area contributed by atoms with Crippen molar-refractivity contribution in [1.82, 2.24) is 0 Å². The molecule has 0 aromatic heterocycles. The summed E-state index contributed by atoms with van der Waals surface area (Å²) in [5, 5.41) is 2.80. The third-order valence-corrected chi connectivity index (χ3v) is 9.36. The summed E-state index contributed by atoms with van der Waals surface area (Å²) in [5.74, 6) is 0. The van der Waals surface area contributed by atoms with Gasteiger partial charge in [-0.25, -0.2) is 0 Å². The fraction of sp³-hybridized carbons (Fsp3) is 0.280. The Labute approximate surface area is 169 Å². The molecule has 3 heteroatoms. The van der Waals surface area contributed by atoms with Gasteiger partial charge in [-0.15, -0.1) is 0 Å². The Hall–Kier alpha value is -1.99. The predicted octanol–water partition coefficient (Wildman–Crippen LogP) is 5.25. The third-order valence-electron chi connectivity index (χ3n) is 4.96. The topological polar surface area (TPSA) is 18.5 Å². The molecular formula is C25H30O2P+. The normalized spacial score (nSPS) is 11.7. The second-order valence-corrected chi connectivity index (χ2v) is 10.5. The SMILES string of the molecule is CCOC(C[P+](Cc1ccccc1)(c1ccccc1)c1ccccc1)OCC. The summed E-state index contributed by atoms with van der Waals surface area (Å²) in [6.45, 7) is 5.38. The second kappa shape index (κ2) is 10.5. The molecule has 146 valence electrons. The van der Waals surface area contributed by atoms with Gasteiger partial charge in [0.25, 0.3) is 0 Å². The first-order chi connectivity index (χ1) is 13.8. The Morgan fingerprint density at radius 2 is 1.07 bits per heavy atom. The van der Waals surface area contributed by atoms with Crippen LogP contribution in [-0.4, -0.2) is 25.7 Å². The van der Waals surface area contributed by atoms with E-state index in [2.05, 4.69) is 91.0 Å². The van der Waals surface area contributed by atoms with E-state index in [0.29, 0.717) is 13.2 Å². The third kappa shape index (κ3) is 5.08. The van der Waals surface area contributed by atoms with Crippen LogP contribution in [0, 0.1) is 0 Å². The number of hydrogen-bond donors (Lipinski definition) is 0. The zero-order chi connectivity index (χ0) is 19.7. The summed E-state index contributed by atoms with van der Waals surface area (Å²) in [6, 6.07) is 32.7. The highest BCUT2D eigenvalue weighted by atomic mass is 31.2. The zero-order valence-electron chi connectivity index (χ0n) is 16.8. The second-order valence-electron chi connectivity index (χ2n) is 6.81. The number of ether oxygens (including phenoxy) is 2. The fourth-order valence-electron chi connectivity index (χ4n) is 3.71. The van der Waals surface area contributed by atoms with E-state index in [1.54, 1.807) is 0 Å². The first-order valence-corrected chi connectivity index (χ1v) is 12.2. The van der Waals surface area contributed by atoms with Crippen LogP contribution >= 0.6 is 7.26 Å². The molecule has 0 fully saturated rings. The van der Waals surface area contributed by atoms with Crippen LogP contribution in [-0.2, 0) is 15.6 Å². The predicted molar refractivity (Wildman–Crippen MR) is 121 cm³/mol. The minimum absolute atomic E-state index is 0.201. The van der Waals surface area contributed by atoms with Crippen molar-refractivity contribution in [2.75, 3.05) is 19.4 Å². The molecule has 0 unspecified atom stereocenters. The molecule has 0 atom stereocenters. The van der Waals surface area contributed by atoms with Crippen molar-refractivity contribution in [3.05, 3.63) is 96.6 Å². The van der Waals surface area contributed by atoms with Gasteiger partial charge in [0.15, 0.2) is 6.29 Å². The number of rotatable bonds is 10. The van der Waals surface area contributed by atoms with Crippen molar-refractivity contribution in [3.63, 3.8) is 0 Å². The highest BCUT2D eigenvalue weighted by Crippen LogP contribution is 2.60. The van der Waals surface area contributed by atoms with Crippen molar-refractivity contribution in [1.29, 1.82) is 0 Å². The van der Waals surface area contributed by atoms with Gasteiger partial charge in [0, 0.05) is 13.2 Å². The standard InChI is InChI=1S/C25H30O2P/c1-3-26-25(27-4-2)21-28(23-16-10-6-11-17-23,24-18-12-7-13-19-24)20-22-14-8-5-9-15-22/h5-19,25H,3-4,20-21H2,1-2H3/q+1. The maximum Gasteiger partial charge on any atom is 0.192 e. The highest BCUT2D eigenvalue weighted by molar-refractivity contribution is 7.88. The summed E-state index contributed by atoms with van der Waals surface area (Å²) in [6.07, 6.45) is 1.67. The Balaban J connectivity index is 2.13. The maximum atomic E-state index is 6.02. The lowest BCUT2D eigenvalue weighted by Crippen LogP contribution is -2.34. The van der Waals surface area contributed by atoms with Gasteiger partial charge in [-0.05, 0) is 43.7 Å². The smallest absolute Gasteiger partial charge is 0.192 e. The van der Waals surface area contributed by atoms with Crippen molar-refractivity contribution >= 4 is 17.9 Å². The van der Waals surface area contributed by atoms with Gasteiger partial charge in [-0.3, -0.25) is 0 Å². The first kappa shape index (κ1) is 20.7. The zero-order valence-corrected chi connectivity index (χ0v) is 17.7. The molecule has 0 aliphatic rings. The molecule has 0 bridgehead atoms. The lowest BCUT2D eigenvalue weighted by molar-refractivity contribution is -0.120. The van der Waals surface area contributed by atoms with Gasteiger partial charge >= 0.3 is 0 Å². The van der Waals surface area contributed by atoms with Crippen LogP contribution in [0.15, 0.2) is 91.0 Å². The van der Waals surface area contributed by atoms with Crippen LogP contribution in [0.2, 0.25) is 0 Å². The Bertz CT molecular complexity index is 760. The van der Waals surface area contributed by atoms with Crippen LogP contribution in [0.25, 0.3) is 0 Å². The summed E-state index contributed by atoms with van der Waals surface area (Å²) in [4.78, 5) is 0. The van der Waals surface area contributed by atoms with Gasteiger partial charge in [-0.2, -0.15) is 0 Å². The minimum Gasteiger partial charge on any atom is -0.349 e. The van der Waals surface area contributed by atoms with E-state index >= 15 is 0 Å². The Kier molecular flexibility index (Phi) is 7.80. The Morgan fingerprint density at radius 1 is 0.643 bits per heavy atom. The number of benzene rings is 3. The molecule has 3 aromatic rings. The molecule has 0 amide bonds. The van der Waals surface area contributed by atoms with E-state index in [1.165, 1.54) is 16.2 Å². The molecule has 0 saturated carbocycles. The van der Waals surface area contributed by atoms with Gasteiger partial charge in [0.05, 0.1) is 24.0 Å². The molecule has 2 nitrogen and oxygen atoms in total. The molecule has 3 rings (SSSR count). The minimum atomic E-state index is -1.79. The van der Waals surface area contributed by atoms with E-state index in [-0.39, 0.29) is 6.29 Å². The van der Waals surface area contributed by atoms with Gasteiger partial charge in [-0.1, -0.05) is 66.7 Å². The molecule has 3 aromatic carbocycles. The summed E-state index contributed by atoms with van der Waals surface area (Å²) in [7, 11) is -1.79. The lowest BCUT2D eigenvalue weighted by Gasteiger charge is -2.31. The molecule has 0 radical (unpaired) electrons. The van der Waals surface area contributed by atoms with E-state index in [9.17, 15) is 0 Å². The van der Waals surface area contributed by atoms with Crippen molar-refractivity contribution in [2.45, 2.75) is 26.3 Å². The molecule has 0 N–H and O–H groups in total. The van der Waals surface area contributed by atoms with Gasteiger partial charge < -0.3 is 9.47 Å². The molecule has 0 saturated heterocycles. The molecule has 0 heterocycles. The number of hydrogen-bond acceptors (Lipinski definition) is 2. The fourth-order valence-corrected chi connectivity index (χ4v) is 7.96. The quantitative estimate of drug-likeness (QED) is 0.346. The summed E-state index contributed by atoms with van der Waals surface area (Å²) >= 11 is 0. The van der Waals surface area contributed by atoms with Crippen LogP contribution in [0.5, 0.6) is 0 Å². The molecular weight excluding hydrogens is 363 g/mol. The van der Waals surface area contributed by atoms with Crippen molar-refractivity contribution in [2.24, 2.45) is 0 Å². The van der Waals surface area contributed by atoms with Gasteiger partial charge in [0.2, 0.25) is 0 Å². The van der Waals surface area contributed by atoms with E-state index in [1.807, 2.05) is 13.8 Å². The molecule has 28 heavy (non-hydrogen) atoms. The summed E-state index contributed by atoms with van der Waals surface area (Å²) in [5.41, 5.74) is 1.36. The van der Waals surface area contributed by atoms with Crippen LogP contribution in [0.4, 0.5) is 0 Å². The molecule has 0 spiro atoms. The average molecular weight is 393 g/mol. The molecule has 0 aliphatic carbocycles. The summed E-state index contributed by atoms with van der Waals surface area (Å²) < 4.78 is 12.0. The Morgan fingerprint density at radius 3 is 1.50 bits per heavy atom. The van der Waals surface area contributed by atoms with E-state index in [4.69, 9.17) is 9.47 Å². The van der Waals surface area contributed by atoms with Gasteiger partial charge in [0.1, 0.15) is 6.16 Å². The largest absolute Gasteiger partial charge is 0.349 e. The van der Waals surface area contributed by atoms with E-state index in [0.717, 1.165) is 12.3 Å². The monoisotopic (exact) mass is 393 g/mol. The van der Waals surface area contributed by atoms with Crippen molar-refractivity contribution < 1.29 is 9.47 Å². The van der Waals surface area contributed by atoms with Crippen LogP contribution in [0.3, 0.4) is 0 Å².